The van der Waals surface area contributed by atoms with Crippen molar-refractivity contribution in [3.8, 4) is 0 Å². The average molecular weight is 269 g/mol. The molecule has 5 heteroatoms. The fraction of sp³-hybridized carbons (Fsp3) is 0.133. The van der Waals surface area contributed by atoms with Crippen LogP contribution in [0.1, 0.15) is 22.0 Å². The van der Waals surface area contributed by atoms with Crippen molar-refractivity contribution in [1.82, 2.24) is 0 Å². The number of carbonyl (C=O) groups is 1. The Morgan fingerprint density at radius 2 is 1.85 bits per heavy atom. The Balaban J connectivity index is 1.78. The summed E-state index contributed by atoms with van der Waals surface area (Å²) in [6.07, 6.45) is -0.789. The van der Waals surface area contributed by atoms with Crippen molar-refractivity contribution < 1.29 is 14.5 Å². The molecule has 2 unspecified atom stereocenters. The fourth-order valence-electron chi connectivity index (χ4n) is 2.14. The summed E-state index contributed by atoms with van der Waals surface area (Å²) in [5.74, 6) is -0.220. The van der Waals surface area contributed by atoms with Gasteiger partial charge >= 0.3 is 0 Å². The number of hydrogen-bond acceptors (Lipinski definition) is 4. The van der Waals surface area contributed by atoms with Gasteiger partial charge in [-0.1, -0.05) is 42.5 Å². The summed E-state index contributed by atoms with van der Waals surface area (Å²) in [4.78, 5) is 22.4. The van der Waals surface area contributed by atoms with Crippen LogP contribution in [-0.2, 0) is 4.74 Å². The molecule has 1 heterocycles. The molecule has 0 radical (unpaired) electrons. The van der Waals surface area contributed by atoms with Gasteiger partial charge in [0.25, 0.3) is 5.69 Å². The largest absolute Gasteiger partial charge is 0.356 e. The van der Waals surface area contributed by atoms with Gasteiger partial charge in [0.2, 0.25) is 0 Å². The summed E-state index contributed by atoms with van der Waals surface area (Å²) < 4.78 is 5.40. The van der Waals surface area contributed by atoms with Crippen LogP contribution >= 0.6 is 0 Å². The van der Waals surface area contributed by atoms with Crippen LogP contribution in [0.5, 0.6) is 0 Å². The normalized spacial score (nSPS) is 20.4. The van der Waals surface area contributed by atoms with Crippen molar-refractivity contribution in [2.75, 3.05) is 0 Å². The minimum absolute atomic E-state index is 0.0900. The lowest BCUT2D eigenvalue weighted by molar-refractivity contribution is -0.384. The van der Waals surface area contributed by atoms with Crippen LogP contribution < -0.4 is 0 Å². The van der Waals surface area contributed by atoms with Gasteiger partial charge in [-0.15, -0.1) is 0 Å². The first-order chi connectivity index (χ1) is 9.66. The molecule has 2 aromatic carbocycles. The van der Waals surface area contributed by atoms with E-state index in [0.717, 1.165) is 5.56 Å². The number of nitro groups is 1. The number of hydrogen-bond donors (Lipinski definition) is 0. The summed E-state index contributed by atoms with van der Waals surface area (Å²) >= 11 is 0. The van der Waals surface area contributed by atoms with Gasteiger partial charge < -0.3 is 4.74 Å². The Morgan fingerprint density at radius 3 is 2.55 bits per heavy atom. The predicted molar refractivity (Wildman–Crippen MR) is 71.5 cm³/mol. The highest BCUT2D eigenvalue weighted by molar-refractivity contribution is 6.01. The average Bonchev–Trinajstić information content (AvgIpc) is 3.28. The SMILES string of the molecule is O=C(c1cccc([N+](=O)[O-])c1)C1OC1c1ccccc1. The van der Waals surface area contributed by atoms with Crippen molar-refractivity contribution in [2.24, 2.45) is 0 Å². The zero-order chi connectivity index (χ0) is 14.1. The fourth-order valence-corrected chi connectivity index (χ4v) is 2.14. The second kappa shape index (κ2) is 4.86. The number of epoxide rings is 1. The first-order valence-corrected chi connectivity index (χ1v) is 6.16. The number of carbonyl (C=O) groups excluding carboxylic acids is 1. The number of nitro benzene ring substituents is 1. The van der Waals surface area contributed by atoms with Crippen LogP contribution in [0, 0.1) is 10.1 Å². The third-order valence-corrected chi connectivity index (χ3v) is 3.22. The van der Waals surface area contributed by atoms with Gasteiger partial charge in [0.05, 0.1) is 4.92 Å². The zero-order valence-electron chi connectivity index (χ0n) is 10.4. The standard InChI is InChI=1S/C15H11NO4/c17-13(11-7-4-8-12(9-11)16(18)19)15-14(20-15)10-5-2-1-3-6-10/h1-9,14-15H. The first kappa shape index (κ1) is 12.5. The van der Waals surface area contributed by atoms with E-state index < -0.39 is 11.0 Å². The molecule has 1 aliphatic heterocycles. The Hall–Kier alpha value is -2.53. The van der Waals surface area contributed by atoms with E-state index in [2.05, 4.69) is 0 Å². The Morgan fingerprint density at radius 1 is 1.10 bits per heavy atom. The van der Waals surface area contributed by atoms with Crippen LogP contribution in [-0.4, -0.2) is 16.8 Å². The molecule has 20 heavy (non-hydrogen) atoms. The zero-order valence-corrected chi connectivity index (χ0v) is 10.4. The third kappa shape index (κ3) is 2.31. The molecule has 2 aromatic rings. The van der Waals surface area contributed by atoms with Crippen molar-refractivity contribution in [3.63, 3.8) is 0 Å². The van der Waals surface area contributed by atoms with E-state index in [9.17, 15) is 14.9 Å². The van der Waals surface area contributed by atoms with Crippen LogP contribution in [0.4, 0.5) is 5.69 Å². The second-order valence-corrected chi connectivity index (χ2v) is 4.56. The molecule has 0 bridgehead atoms. The van der Waals surface area contributed by atoms with E-state index in [1.807, 2.05) is 30.3 Å². The predicted octanol–water partition coefficient (Wildman–Crippen LogP) is 2.92. The summed E-state index contributed by atoms with van der Waals surface area (Å²) in [6.45, 7) is 0. The number of rotatable bonds is 4. The van der Waals surface area contributed by atoms with E-state index in [1.54, 1.807) is 6.07 Å². The van der Waals surface area contributed by atoms with Crippen molar-refractivity contribution >= 4 is 11.5 Å². The van der Waals surface area contributed by atoms with Gasteiger partial charge in [-0.05, 0) is 5.56 Å². The van der Waals surface area contributed by atoms with E-state index in [-0.39, 0.29) is 17.6 Å². The molecule has 3 rings (SSSR count). The maximum absolute atomic E-state index is 12.2. The monoisotopic (exact) mass is 269 g/mol. The van der Waals surface area contributed by atoms with E-state index >= 15 is 0 Å². The molecule has 2 atom stereocenters. The first-order valence-electron chi connectivity index (χ1n) is 6.16. The summed E-state index contributed by atoms with van der Waals surface area (Å²) in [6, 6.07) is 15.2. The number of ether oxygens (including phenoxy) is 1. The van der Waals surface area contributed by atoms with Gasteiger partial charge in [-0.2, -0.15) is 0 Å². The summed E-state index contributed by atoms with van der Waals surface area (Å²) in [5, 5.41) is 10.7. The van der Waals surface area contributed by atoms with Crippen LogP contribution in [0.15, 0.2) is 54.6 Å². The third-order valence-electron chi connectivity index (χ3n) is 3.22. The van der Waals surface area contributed by atoms with E-state index in [1.165, 1.54) is 18.2 Å². The van der Waals surface area contributed by atoms with Gasteiger partial charge in [-0.3, -0.25) is 14.9 Å². The van der Waals surface area contributed by atoms with E-state index in [0.29, 0.717) is 5.56 Å². The second-order valence-electron chi connectivity index (χ2n) is 4.56. The van der Waals surface area contributed by atoms with Gasteiger partial charge in [-0.25, -0.2) is 0 Å². The molecule has 0 N–H and O–H groups in total. The number of non-ortho nitro benzene ring substituents is 1. The van der Waals surface area contributed by atoms with Crippen molar-refractivity contribution in [2.45, 2.75) is 12.2 Å². The van der Waals surface area contributed by atoms with Crippen LogP contribution in [0.3, 0.4) is 0 Å². The van der Waals surface area contributed by atoms with E-state index in [4.69, 9.17) is 4.74 Å². The van der Waals surface area contributed by atoms with Gasteiger partial charge in [0, 0.05) is 17.7 Å². The van der Waals surface area contributed by atoms with Crippen molar-refractivity contribution in [1.29, 1.82) is 0 Å². The molecule has 1 aliphatic rings. The minimum atomic E-state index is -0.542. The quantitative estimate of drug-likeness (QED) is 0.370. The molecule has 0 saturated carbocycles. The molecular formula is C15H11NO4. The molecule has 0 amide bonds. The minimum Gasteiger partial charge on any atom is -0.356 e. The Kier molecular flexibility index (Phi) is 3.04. The molecule has 0 spiro atoms. The van der Waals surface area contributed by atoms with Gasteiger partial charge in [0.15, 0.2) is 11.9 Å². The van der Waals surface area contributed by atoms with Crippen molar-refractivity contribution in [3.05, 3.63) is 75.8 Å². The number of Topliss-reactive ketones (excluding diaryl/α,β-unsaturated/α-hetero) is 1. The highest BCUT2D eigenvalue weighted by atomic mass is 16.6. The molecular weight excluding hydrogens is 258 g/mol. The lowest BCUT2D eigenvalue weighted by Crippen LogP contribution is -2.08. The molecule has 0 aliphatic carbocycles. The molecule has 1 fully saturated rings. The summed E-state index contributed by atoms with van der Waals surface area (Å²) in [5.41, 5.74) is 1.16. The highest BCUT2D eigenvalue weighted by Crippen LogP contribution is 2.40. The summed E-state index contributed by atoms with van der Waals surface area (Å²) in [7, 11) is 0. The van der Waals surface area contributed by atoms with Gasteiger partial charge in [0.1, 0.15) is 6.10 Å². The Labute approximate surface area is 115 Å². The lowest BCUT2D eigenvalue weighted by Gasteiger charge is -1.98. The lowest BCUT2D eigenvalue weighted by atomic mass is 10.0. The Bertz CT molecular complexity index is 669. The highest BCUT2D eigenvalue weighted by Gasteiger charge is 2.46. The number of ketones is 1. The molecule has 100 valence electrons. The molecule has 5 nitrogen and oxygen atoms in total. The number of benzene rings is 2. The topological polar surface area (TPSA) is 72.7 Å². The molecule has 0 aromatic heterocycles. The van der Waals surface area contributed by atoms with Crippen LogP contribution in [0.2, 0.25) is 0 Å². The maximum atomic E-state index is 12.2. The smallest absolute Gasteiger partial charge is 0.270 e. The number of nitrogens with zero attached hydrogens (tertiary/aromatic N) is 1. The molecule has 1 saturated heterocycles. The maximum Gasteiger partial charge on any atom is 0.270 e. The van der Waals surface area contributed by atoms with Crippen LogP contribution in [0.25, 0.3) is 0 Å².